The van der Waals surface area contributed by atoms with Gasteiger partial charge in [-0.3, -0.25) is 0 Å². The molecular formula is C8H9ClF3N3O. The van der Waals surface area contributed by atoms with Crippen LogP contribution in [0.2, 0.25) is 5.28 Å². The van der Waals surface area contributed by atoms with Gasteiger partial charge in [-0.15, -0.1) is 0 Å². The number of nitrogens with two attached hydrogens (primary N) is 1. The second kappa shape index (κ2) is 5.20. The number of ether oxygens (including phenoxy) is 1. The van der Waals surface area contributed by atoms with Crippen LogP contribution in [-0.4, -0.2) is 22.8 Å². The predicted octanol–water partition coefficient (Wildman–Crippen LogP) is 2.43. The van der Waals surface area contributed by atoms with E-state index in [0.717, 1.165) is 0 Å². The average Bonchev–Trinajstić information content (AvgIpc) is 2.16. The highest BCUT2D eigenvalue weighted by molar-refractivity contribution is 6.28. The van der Waals surface area contributed by atoms with E-state index in [1.54, 1.807) is 0 Å². The number of aromatic nitrogens is 2. The topological polar surface area (TPSA) is 61.0 Å². The summed E-state index contributed by atoms with van der Waals surface area (Å²) in [6.07, 6.45) is -4.02. The van der Waals surface area contributed by atoms with Gasteiger partial charge in [0.25, 0.3) is 0 Å². The van der Waals surface area contributed by atoms with Crippen molar-refractivity contribution < 1.29 is 17.9 Å². The molecule has 1 aromatic heterocycles. The van der Waals surface area contributed by atoms with E-state index in [4.69, 9.17) is 22.1 Å². The van der Waals surface area contributed by atoms with Crippen LogP contribution in [0.15, 0.2) is 6.20 Å². The van der Waals surface area contributed by atoms with Crippen molar-refractivity contribution in [1.29, 1.82) is 0 Å². The van der Waals surface area contributed by atoms with Crippen molar-refractivity contribution in [3.05, 3.63) is 11.5 Å². The zero-order valence-corrected chi connectivity index (χ0v) is 8.85. The van der Waals surface area contributed by atoms with Crippen molar-refractivity contribution in [2.75, 3.05) is 12.3 Å². The first-order chi connectivity index (χ1) is 7.38. The first-order valence-electron chi connectivity index (χ1n) is 4.36. The third-order valence-electron chi connectivity index (χ3n) is 1.59. The number of halogens is 4. The molecule has 0 unspecified atom stereocenters. The van der Waals surface area contributed by atoms with Gasteiger partial charge in [0.2, 0.25) is 11.2 Å². The minimum atomic E-state index is -4.18. The average molecular weight is 256 g/mol. The zero-order valence-electron chi connectivity index (χ0n) is 8.09. The number of nitrogens with zero attached hydrogens (tertiary/aromatic N) is 2. The van der Waals surface area contributed by atoms with E-state index >= 15 is 0 Å². The molecule has 0 bridgehead atoms. The molecule has 2 N–H and O–H groups in total. The Morgan fingerprint density at radius 1 is 1.44 bits per heavy atom. The van der Waals surface area contributed by atoms with Crippen molar-refractivity contribution in [2.24, 2.45) is 0 Å². The first kappa shape index (κ1) is 12.8. The van der Waals surface area contributed by atoms with Crippen LogP contribution in [-0.2, 0) is 0 Å². The van der Waals surface area contributed by atoms with E-state index in [9.17, 15) is 13.2 Å². The van der Waals surface area contributed by atoms with Gasteiger partial charge in [0, 0.05) is 6.42 Å². The lowest BCUT2D eigenvalue weighted by molar-refractivity contribution is -0.136. The fraction of sp³-hybridized carbons (Fsp3) is 0.500. The van der Waals surface area contributed by atoms with E-state index in [-0.39, 0.29) is 29.9 Å². The number of alkyl halides is 3. The van der Waals surface area contributed by atoms with E-state index in [0.29, 0.717) is 0 Å². The SMILES string of the molecule is Nc1cnc(Cl)nc1OCCCC(F)(F)F. The zero-order chi connectivity index (χ0) is 12.2. The maximum Gasteiger partial charge on any atom is 0.389 e. The van der Waals surface area contributed by atoms with Gasteiger partial charge < -0.3 is 10.5 Å². The number of anilines is 1. The van der Waals surface area contributed by atoms with Gasteiger partial charge in [0.1, 0.15) is 5.69 Å². The monoisotopic (exact) mass is 255 g/mol. The Balaban J connectivity index is 2.40. The minimum Gasteiger partial charge on any atom is -0.476 e. The molecule has 4 nitrogen and oxygen atoms in total. The van der Waals surface area contributed by atoms with E-state index in [1.165, 1.54) is 6.20 Å². The smallest absolute Gasteiger partial charge is 0.389 e. The first-order valence-corrected chi connectivity index (χ1v) is 4.74. The quantitative estimate of drug-likeness (QED) is 0.663. The highest BCUT2D eigenvalue weighted by Gasteiger charge is 2.26. The number of hydrogen-bond donors (Lipinski definition) is 1. The summed E-state index contributed by atoms with van der Waals surface area (Å²) in [5.74, 6) is 0.00201. The third-order valence-corrected chi connectivity index (χ3v) is 1.78. The molecule has 0 spiro atoms. The molecule has 1 rings (SSSR count). The van der Waals surface area contributed by atoms with Gasteiger partial charge in [-0.1, -0.05) is 0 Å². The molecule has 0 atom stereocenters. The lowest BCUT2D eigenvalue weighted by atomic mass is 10.3. The van der Waals surface area contributed by atoms with Crippen LogP contribution >= 0.6 is 11.6 Å². The lowest BCUT2D eigenvalue weighted by Crippen LogP contribution is -2.10. The number of hydrogen-bond acceptors (Lipinski definition) is 4. The van der Waals surface area contributed by atoms with Gasteiger partial charge in [-0.05, 0) is 18.0 Å². The standard InChI is InChI=1S/C8H9ClF3N3O/c9-7-14-4-5(13)6(15-7)16-3-1-2-8(10,11)12/h4H,1-3,13H2. The van der Waals surface area contributed by atoms with Crippen LogP contribution < -0.4 is 10.5 Å². The van der Waals surface area contributed by atoms with Crippen LogP contribution in [0.25, 0.3) is 0 Å². The summed E-state index contributed by atoms with van der Waals surface area (Å²) in [5, 5.41) is -0.0694. The molecule has 0 amide bonds. The van der Waals surface area contributed by atoms with Crippen LogP contribution in [0.4, 0.5) is 18.9 Å². The fourth-order valence-corrected chi connectivity index (χ4v) is 1.04. The number of rotatable bonds is 4. The second-order valence-electron chi connectivity index (χ2n) is 2.97. The summed E-state index contributed by atoms with van der Waals surface area (Å²) in [6.45, 7) is -0.128. The lowest BCUT2D eigenvalue weighted by Gasteiger charge is -2.08. The third kappa shape index (κ3) is 4.52. The Bertz CT molecular complexity index is 359. The molecule has 0 radical (unpaired) electrons. The molecule has 0 saturated carbocycles. The summed E-state index contributed by atoms with van der Waals surface area (Å²) in [6, 6.07) is 0. The molecular weight excluding hydrogens is 247 g/mol. The number of nitrogen functional groups attached to an aromatic ring is 1. The van der Waals surface area contributed by atoms with Gasteiger partial charge in [0.05, 0.1) is 12.8 Å². The predicted molar refractivity (Wildman–Crippen MR) is 52.2 cm³/mol. The largest absolute Gasteiger partial charge is 0.476 e. The molecule has 0 aromatic carbocycles. The Labute approximate surface area is 94.6 Å². The van der Waals surface area contributed by atoms with Crippen LogP contribution in [0, 0.1) is 0 Å². The molecule has 1 aromatic rings. The normalized spacial score (nSPS) is 11.5. The Morgan fingerprint density at radius 2 is 2.12 bits per heavy atom. The van der Waals surface area contributed by atoms with Crippen molar-refractivity contribution in [3.63, 3.8) is 0 Å². The van der Waals surface area contributed by atoms with Gasteiger partial charge in [-0.2, -0.15) is 18.2 Å². The molecule has 16 heavy (non-hydrogen) atoms. The Hall–Kier alpha value is -1.24. The van der Waals surface area contributed by atoms with Crippen LogP contribution in [0.1, 0.15) is 12.8 Å². The summed E-state index contributed by atoms with van der Waals surface area (Å²) < 4.78 is 40.3. The van der Waals surface area contributed by atoms with Crippen LogP contribution in [0.3, 0.4) is 0 Å². The maximum absolute atomic E-state index is 11.8. The van der Waals surface area contributed by atoms with E-state index in [2.05, 4.69) is 9.97 Å². The summed E-state index contributed by atoms with van der Waals surface area (Å²) in [5.41, 5.74) is 5.56. The van der Waals surface area contributed by atoms with E-state index in [1.807, 2.05) is 0 Å². The highest BCUT2D eigenvalue weighted by Crippen LogP contribution is 2.22. The van der Waals surface area contributed by atoms with Crippen molar-refractivity contribution in [1.82, 2.24) is 9.97 Å². The molecule has 0 fully saturated rings. The van der Waals surface area contributed by atoms with Gasteiger partial charge in [0.15, 0.2) is 0 Å². The second-order valence-corrected chi connectivity index (χ2v) is 3.30. The molecule has 0 aliphatic heterocycles. The van der Waals surface area contributed by atoms with Crippen molar-refractivity contribution in [2.45, 2.75) is 19.0 Å². The summed E-state index contributed by atoms with van der Waals surface area (Å²) in [7, 11) is 0. The molecule has 0 aliphatic carbocycles. The van der Waals surface area contributed by atoms with Gasteiger partial charge >= 0.3 is 6.18 Å². The Morgan fingerprint density at radius 3 is 2.75 bits per heavy atom. The molecule has 0 saturated heterocycles. The summed E-state index contributed by atoms with van der Waals surface area (Å²) in [4.78, 5) is 7.21. The van der Waals surface area contributed by atoms with Crippen LogP contribution in [0.5, 0.6) is 5.88 Å². The maximum atomic E-state index is 11.8. The minimum absolute atomic E-state index is 0.00201. The van der Waals surface area contributed by atoms with Crippen molar-refractivity contribution >= 4 is 17.3 Å². The fourth-order valence-electron chi connectivity index (χ4n) is 0.912. The highest BCUT2D eigenvalue weighted by atomic mass is 35.5. The Kier molecular flexibility index (Phi) is 4.17. The summed E-state index contributed by atoms with van der Waals surface area (Å²) >= 11 is 5.46. The van der Waals surface area contributed by atoms with E-state index < -0.39 is 12.6 Å². The molecule has 1 heterocycles. The molecule has 0 aliphatic rings. The van der Waals surface area contributed by atoms with Crippen molar-refractivity contribution in [3.8, 4) is 5.88 Å². The molecule has 90 valence electrons. The molecule has 8 heteroatoms. The van der Waals surface area contributed by atoms with Gasteiger partial charge in [-0.25, -0.2) is 4.98 Å².